The topological polar surface area (TPSA) is 33.1 Å². The summed E-state index contributed by atoms with van der Waals surface area (Å²) in [4.78, 5) is 4.28. The van der Waals surface area contributed by atoms with Crippen molar-refractivity contribution in [3.63, 3.8) is 0 Å². The van der Waals surface area contributed by atoms with Gasteiger partial charge in [-0.2, -0.15) is 0 Å². The van der Waals surface area contributed by atoms with Crippen LogP contribution in [-0.2, 0) is 6.42 Å². The third-order valence-corrected chi connectivity index (χ3v) is 3.00. The van der Waals surface area contributed by atoms with Crippen LogP contribution < -0.4 is 0 Å². The molecule has 1 atom stereocenters. The number of hydrogen-bond donors (Lipinski definition) is 1. The smallest absolute Gasteiger partial charge is 0.0953 e. The molecule has 0 aliphatic carbocycles. The number of halogens is 1. The van der Waals surface area contributed by atoms with Crippen LogP contribution >= 0.6 is 22.9 Å². The minimum absolute atomic E-state index is 0.288. The zero-order chi connectivity index (χ0) is 9.68. The minimum Gasteiger partial charge on any atom is -0.393 e. The summed E-state index contributed by atoms with van der Waals surface area (Å²) in [5, 5.41) is 12.6. The molecule has 0 amide bonds. The standard InChI is InChI=1S/C9H14ClNOS/c1-7-6-13-9(11-7)5-8(12)3-2-4-10/h6,8,12H,2-5H2,1H3. The summed E-state index contributed by atoms with van der Waals surface area (Å²) < 4.78 is 0. The molecule has 2 nitrogen and oxygen atoms in total. The quantitative estimate of drug-likeness (QED) is 0.772. The second kappa shape index (κ2) is 5.58. The summed E-state index contributed by atoms with van der Waals surface area (Å²) in [5.41, 5.74) is 1.03. The summed E-state index contributed by atoms with van der Waals surface area (Å²) in [6.45, 7) is 1.96. The molecular weight excluding hydrogens is 206 g/mol. The lowest BCUT2D eigenvalue weighted by atomic mass is 10.1. The zero-order valence-electron chi connectivity index (χ0n) is 7.66. The number of hydrogen-bond acceptors (Lipinski definition) is 3. The molecule has 1 N–H and O–H groups in total. The maximum atomic E-state index is 9.55. The molecular formula is C9H14ClNOS. The lowest BCUT2D eigenvalue weighted by molar-refractivity contribution is 0.164. The van der Waals surface area contributed by atoms with Crippen LogP contribution in [0.1, 0.15) is 23.5 Å². The first kappa shape index (κ1) is 11.0. The maximum absolute atomic E-state index is 9.55. The number of aliphatic hydroxyl groups is 1. The van der Waals surface area contributed by atoms with Crippen LogP contribution in [0.3, 0.4) is 0 Å². The zero-order valence-corrected chi connectivity index (χ0v) is 9.24. The number of thiazole rings is 1. The predicted molar refractivity (Wildman–Crippen MR) is 56.5 cm³/mol. The molecule has 0 bridgehead atoms. The van der Waals surface area contributed by atoms with Crippen molar-refractivity contribution in [3.05, 3.63) is 16.1 Å². The molecule has 0 spiro atoms. The number of aryl methyl sites for hydroxylation is 1. The lowest BCUT2D eigenvalue weighted by Crippen LogP contribution is -2.10. The van der Waals surface area contributed by atoms with Crippen molar-refractivity contribution >= 4 is 22.9 Å². The van der Waals surface area contributed by atoms with Gasteiger partial charge >= 0.3 is 0 Å². The Bertz CT molecular complexity index is 252. The molecule has 74 valence electrons. The van der Waals surface area contributed by atoms with E-state index in [9.17, 15) is 5.11 Å². The number of aromatic nitrogens is 1. The van der Waals surface area contributed by atoms with Gasteiger partial charge in [-0.25, -0.2) is 4.98 Å². The van der Waals surface area contributed by atoms with Gasteiger partial charge in [-0.05, 0) is 19.8 Å². The van der Waals surface area contributed by atoms with E-state index in [1.807, 2.05) is 12.3 Å². The summed E-state index contributed by atoms with van der Waals surface area (Å²) in [6.07, 6.45) is 2.01. The van der Waals surface area contributed by atoms with Crippen LogP contribution in [0.25, 0.3) is 0 Å². The number of rotatable bonds is 5. The van der Waals surface area contributed by atoms with Gasteiger partial charge in [-0.1, -0.05) is 0 Å². The average molecular weight is 220 g/mol. The van der Waals surface area contributed by atoms with Crippen molar-refractivity contribution in [2.75, 3.05) is 5.88 Å². The van der Waals surface area contributed by atoms with Crippen LogP contribution in [0.15, 0.2) is 5.38 Å². The summed E-state index contributed by atoms with van der Waals surface area (Å²) in [5.74, 6) is 0.619. The Balaban J connectivity index is 2.31. The molecule has 0 fully saturated rings. The van der Waals surface area contributed by atoms with Gasteiger partial charge in [0, 0.05) is 23.4 Å². The normalized spacial score (nSPS) is 13.2. The maximum Gasteiger partial charge on any atom is 0.0953 e. The third kappa shape index (κ3) is 4.07. The van der Waals surface area contributed by atoms with E-state index in [-0.39, 0.29) is 6.10 Å². The van der Waals surface area contributed by atoms with E-state index in [2.05, 4.69) is 4.98 Å². The second-order valence-electron chi connectivity index (χ2n) is 3.07. The van der Waals surface area contributed by atoms with E-state index >= 15 is 0 Å². The van der Waals surface area contributed by atoms with Crippen molar-refractivity contribution in [2.24, 2.45) is 0 Å². The Hall–Kier alpha value is -0.120. The van der Waals surface area contributed by atoms with E-state index < -0.39 is 0 Å². The summed E-state index contributed by atoms with van der Waals surface area (Å²) in [6, 6.07) is 0. The number of aliphatic hydroxyl groups excluding tert-OH is 1. The molecule has 4 heteroatoms. The molecule has 13 heavy (non-hydrogen) atoms. The molecule has 0 saturated carbocycles. The van der Waals surface area contributed by atoms with Crippen LogP contribution in [0.2, 0.25) is 0 Å². The highest BCUT2D eigenvalue weighted by molar-refractivity contribution is 7.09. The van der Waals surface area contributed by atoms with Gasteiger partial charge in [0.15, 0.2) is 0 Å². The monoisotopic (exact) mass is 219 g/mol. The highest BCUT2D eigenvalue weighted by Gasteiger charge is 2.07. The van der Waals surface area contributed by atoms with Gasteiger partial charge in [0.1, 0.15) is 0 Å². The molecule has 0 saturated heterocycles. The summed E-state index contributed by atoms with van der Waals surface area (Å²) >= 11 is 7.14. The molecule has 0 radical (unpaired) electrons. The van der Waals surface area contributed by atoms with Crippen molar-refractivity contribution in [1.82, 2.24) is 4.98 Å². The highest BCUT2D eigenvalue weighted by atomic mass is 35.5. The van der Waals surface area contributed by atoms with Crippen molar-refractivity contribution in [1.29, 1.82) is 0 Å². The van der Waals surface area contributed by atoms with E-state index in [1.54, 1.807) is 11.3 Å². The van der Waals surface area contributed by atoms with E-state index in [0.717, 1.165) is 23.5 Å². The van der Waals surface area contributed by atoms with E-state index in [0.29, 0.717) is 12.3 Å². The van der Waals surface area contributed by atoms with Crippen molar-refractivity contribution in [2.45, 2.75) is 32.3 Å². The summed E-state index contributed by atoms with van der Waals surface area (Å²) in [7, 11) is 0. The Kier molecular flexibility index (Phi) is 4.70. The van der Waals surface area contributed by atoms with E-state index in [4.69, 9.17) is 11.6 Å². The van der Waals surface area contributed by atoms with Crippen LogP contribution in [-0.4, -0.2) is 22.1 Å². The molecule has 1 aromatic heterocycles. The van der Waals surface area contributed by atoms with Gasteiger partial charge in [0.2, 0.25) is 0 Å². The molecule has 0 aliphatic heterocycles. The minimum atomic E-state index is -0.288. The van der Waals surface area contributed by atoms with Gasteiger partial charge < -0.3 is 5.11 Å². The van der Waals surface area contributed by atoms with Gasteiger partial charge in [0.25, 0.3) is 0 Å². The Morgan fingerprint density at radius 2 is 2.46 bits per heavy atom. The lowest BCUT2D eigenvalue weighted by Gasteiger charge is -2.06. The first-order chi connectivity index (χ1) is 6.22. The predicted octanol–water partition coefficient (Wildman–Crippen LogP) is 2.37. The molecule has 0 aliphatic rings. The van der Waals surface area contributed by atoms with E-state index in [1.165, 1.54) is 0 Å². The Morgan fingerprint density at radius 3 is 3.00 bits per heavy atom. The fraction of sp³-hybridized carbons (Fsp3) is 0.667. The van der Waals surface area contributed by atoms with Crippen molar-refractivity contribution < 1.29 is 5.11 Å². The number of alkyl halides is 1. The first-order valence-electron chi connectivity index (χ1n) is 4.37. The molecule has 1 heterocycles. The second-order valence-corrected chi connectivity index (χ2v) is 4.39. The fourth-order valence-electron chi connectivity index (χ4n) is 1.11. The largest absolute Gasteiger partial charge is 0.393 e. The third-order valence-electron chi connectivity index (χ3n) is 1.75. The number of nitrogens with zero attached hydrogens (tertiary/aromatic N) is 1. The first-order valence-corrected chi connectivity index (χ1v) is 5.79. The van der Waals surface area contributed by atoms with Gasteiger partial charge in [-0.3, -0.25) is 0 Å². The highest BCUT2D eigenvalue weighted by Crippen LogP contribution is 2.13. The van der Waals surface area contributed by atoms with Crippen LogP contribution in [0, 0.1) is 6.92 Å². The molecule has 1 rings (SSSR count). The molecule has 1 aromatic rings. The van der Waals surface area contributed by atoms with Crippen LogP contribution in [0.5, 0.6) is 0 Å². The average Bonchev–Trinajstić information content (AvgIpc) is 2.48. The van der Waals surface area contributed by atoms with Gasteiger partial charge in [-0.15, -0.1) is 22.9 Å². The van der Waals surface area contributed by atoms with Crippen LogP contribution in [0.4, 0.5) is 0 Å². The van der Waals surface area contributed by atoms with Gasteiger partial charge in [0.05, 0.1) is 11.1 Å². The molecule has 1 unspecified atom stereocenters. The molecule has 0 aromatic carbocycles. The Labute approximate surface area is 87.6 Å². The Morgan fingerprint density at radius 1 is 1.69 bits per heavy atom. The van der Waals surface area contributed by atoms with Crippen molar-refractivity contribution in [3.8, 4) is 0 Å². The SMILES string of the molecule is Cc1csc(CC(O)CCCCl)n1. The fourth-order valence-corrected chi connectivity index (χ4v) is 2.11.